The van der Waals surface area contributed by atoms with E-state index < -0.39 is 0 Å². The van der Waals surface area contributed by atoms with Gasteiger partial charge in [0, 0.05) is 5.92 Å². The molecule has 1 aliphatic carbocycles. The maximum absolute atomic E-state index is 11.3. The Balaban J connectivity index is 2.04. The molecule has 1 aromatic heterocycles. The molecule has 0 fully saturated rings. The first-order chi connectivity index (χ1) is 9.06. The molecule has 1 aromatic carbocycles. The Morgan fingerprint density at radius 1 is 1.42 bits per heavy atom. The Morgan fingerprint density at radius 2 is 2.21 bits per heavy atom. The second-order valence-electron chi connectivity index (χ2n) is 5.12. The number of rotatable bonds is 2. The smallest absolute Gasteiger partial charge is 0.260 e. The van der Waals surface area contributed by atoms with Crippen LogP contribution >= 0.6 is 11.3 Å². The third-order valence-electron chi connectivity index (χ3n) is 3.71. The molecule has 0 spiro atoms. The highest BCUT2D eigenvalue weighted by atomic mass is 32.1. The molecule has 1 aliphatic rings. The number of primary amides is 1. The summed E-state index contributed by atoms with van der Waals surface area (Å²) in [6, 6.07) is 6.61. The second-order valence-corrected chi connectivity index (χ2v) is 6.16. The van der Waals surface area contributed by atoms with Crippen molar-refractivity contribution in [2.45, 2.75) is 32.6 Å². The predicted molar refractivity (Wildman–Crippen MR) is 76.7 cm³/mol. The Morgan fingerprint density at radius 3 is 2.89 bits per heavy atom. The minimum atomic E-state index is -0.372. The minimum Gasteiger partial charge on any atom is -0.365 e. The molecule has 2 N–H and O–H groups in total. The number of hydrogen-bond acceptors (Lipinski definition) is 3. The van der Waals surface area contributed by atoms with Crippen LogP contribution in [0.3, 0.4) is 0 Å². The van der Waals surface area contributed by atoms with Gasteiger partial charge >= 0.3 is 0 Å². The molecular weight excluding hydrogens is 256 g/mol. The number of amides is 1. The molecule has 19 heavy (non-hydrogen) atoms. The summed E-state index contributed by atoms with van der Waals surface area (Å²) in [4.78, 5) is 16.5. The maximum atomic E-state index is 11.3. The number of carbonyl (C=O) groups excluding carboxylic acids is 1. The van der Waals surface area contributed by atoms with Gasteiger partial charge in [-0.3, -0.25) is 4.79 Å². The van der Waals surface area contributed by atoms with E-state index in [1.165, 1.54) is 28.0 Å². The molecule has 0 aliphatic heterocycles. The van der Waals surface area contributed by atoms with Gasteiger partial charge in [0.15, 0.2) is 0 Å². The van der Waals surface area contributed by atoms with E-state index >= 15 is 0 Å². The third-order valence-corrected chi connectivity index (χ3v) is 5.00. The zero-order valence-electron chi connectivity index (χ0n) is 11.1. The van der Waals surface area contributed by atoms with Crippen molar-refractivity contribution in [1.29, 1.82) is 0 Å². The molecule has 0 unspecified atom stereocenters. The van der Waals surface area contributed by atoms with E-state index in [0.29, 0.717) is 10.8 Å². The molecule has 1 atom stereocenters. The molecule has 98 valence electrons. The monoisotopic (exact) mass is 272 g/mol. The largest absolute Gasteiger partial charge is 0.365 e. The first-order valence-electron chi connectivity index (χ1n) is 6.43. The summed E-state index contributed by atoms with van der Waals surface area (Å²) in [6.45, 7) is 3.96. The Bertz CT molecular complexity index is 660. The third kappa shape index (κ3) is 2.06. The molecular formula is C15H16N2OS. The number of nitrogens with two attached hydrogens (primary N) is 1. The van der Waals surface area contributed by atoms with Crippen molar-refractivity contribution in [3.05, 3.63) is 50.5 Å². The molecule has 1 amide bonds. The van der Waals surface area contributed by atoms with Crippen LogP contribution in [0.25, 0.3) is 0 Å². The average molecular weight is 272 g/mol. The normalized spacial score (nSPS) is 17.5. The van der Waals surface area contributed by atoms with Gasteiger partial charge in [0.05, 0.1) is 5.69 Å². The van der Waals surface area contributed by atoms with Crippen LogP contribution in [0.5, 0.6) is 0 Å². The van der Waals surface area contributed by atoms with Crippen molar-refractivity contribution in [3.63, 3.8) is 0 Å². The van der Waals surface area contributed by atoms with E-state index in [9.17, 15) is 4.79 Å². The molecule has 0 radical (unpaired) electrons. The molecule has 0 bridgehead atoms. The van der Waals surface area contributed by atoms with E-state index in [1.54, 1.807) is 0 Å². The highest BCUT2D eigenvalue weighted by Crippen LogP contribution is 2.40. The number of hydrogen-bond donors (Lipinski definition) is 1. The highest BCUT2D eigenvalue weighted by molar-refractivity contribution is 7.13. The highest BCUT2D eigenvalue weighted by Gasteiger charge is 2.27. The van der Waals surface area contributed by atoms with E-state index in [4.69, 9.17) is 5.73 Å². The number of fused-ring (bicyclic) bond motifs is 1. The predicted octanol–water partition coefficient (Wildman–Crippen LogP) is 2.94. The Labute approximate surface area is 116 Å². The van der Waals surface area contributed by atoms with Crippen LogP contribution < -0.4 is 5.73 Å². The van der Waals surface area contributed by atoms with Crippen LogP contribution in [-0.2, 0) is 6.42 Å². The zero-order chi connectivity index (χ0) is 13.6. The second kappa shape index (κ2) is 4.46. The van der Waals surface area contributed by atoms with E-state index in [-0.39, 0.29) is 5.91 Å². The SMILES string of the molecule is Cc1ccc2c(c1)[C@H](c1nc(C)c(C(N)=O)s1)CC2. The number of carbonyl (C=O) groups is 1. The van der Waals surface area contributed by atoms with E-state index in [0.717, 1.165) is 23.5 Å². The van der Waals surface area contributed by atoms with Crippen LogP contribution in [-0.4, -0.2) is 10.9 Å². The lowest BCUT2D eigenvalue weighted by molar-refractivity contribution is 0.100. The van der Waals surface area contributed by atoms with Crippen molar-refractivity contribution in [2.75, 3.05) is 0 Å². The number of thiazole rings is 1. The molecule has 2 aromatic rings. The summed E-state index contributed by atoms with van der Waals surface area (Å²) < 4.78 is 0. The number of nitrogens with zero attached hydrogens (tertiary/aromatic N) is 1. The molecule has 0 saturated heterocycles. The fourth-order valence-electron chi connectivity index (χ4n) is 2.77. The molecule has 1 heterocycles. The lowest BCUT2D eigenvalue weighted by Crippen LogP contribution is -2.10. The van der Waals surface area contributed by atoms with Gasteiger partial charge in [0.2, 0.25) is 0 Å². The van der Waals surface area contributed by atoms with Crippen molar-refractivity contribution < 1.29 is 4.79 Å². The van der Waals surface area contributed by atoms with Crippen molar-refractivity contribution >= 4 is 17.2 Å². The van der Waals surface area contributed by atoms with Crippen molar-refractivity contribution in [3.8, 4) is 0 Å². The summed E-state index contributed by atoms with van der Waals surface area (Å²) in [5, 5.41) is 1.02. The van der Waals surface area contributed by atoms with Crippen LogP contribution in [0.15, 0.2) is 18.2 Å². The van der Waals surface area contributed by atoms with E-state index in [1.807, 2.05) is 6.92 Å². The van der Waals surface area contributed by atoms with Gasteiger partial charge in [0.1, 0.15) is 9.88 Å². The zero-order valence-corrected chi connectivity index (χ0v) is 11.9. The van der Waals surface area contributed by atoms with Gasteiger partial charge in [0.25, 0.3) is 5.91 Å². The van der Waals surface area contributed by atoms with Gasteiger partial charge < -0.3 is 5.73 Å². The topological polar surface area (TPSA) is 56.0 Å². The van der Waals surface area contributed by atoms with Gasteiger partial charge in [-0.05, 0) is 37.8 Å². The van der Waals surface area contributed by atoms with Gasteiger partial charge in [-0.2, -0.15) is 0 Å². The van der Waals surface area contributed by atoms with Gasteiger partial charge in [-0.25, -0.2) is 4.98 Å². The van der Waals surface area contributed by atoms with Gasteiger partial charge in [-0.15, -0.1) is 11.3 Å². The first-order valence-corrected chi connectivity index (χ1v) is 7.24. The lowest BCUT2D eigenvalue weighted by Gasteiger charge is -2.08. The Kier molecular flexibility index (Phi) is 2.90. The quantitative estimate of drug-likeness (QED) is 0.913. The van der Waals surface area contributed by atoms with Crippen LogP contribution in [0.1, 0.15) is 49.4 Å². The fourth-order valence-corrected chi connectivity index (χ4v) is 3.85. The molecule has 3 rings (SSSR count). The molecule has 3 nitrogen and oxygen atoms in total. The fraction of sp³-hybridized carbons (Fsp3) is 0.333. The van der Waals surface area contributed by atoms with Crippen LogP contribution in [0.4, 0.5) is 0 Å². The molecule has 0 saturated carbocycles. The summed E-state index contributed by atoms with van der Waals surface area (Å²) in [7, 11) is 0. The van der Waals surface area contributed by atoms with E-state index in [2.05, 4.69) is 30.1 Å². The summed E-state index contributed by atoms with van der Waals surface area (Å²) in [5.41, 5.74) is 10.2. The van der Waals surface area contributed by atoms with Crippen LogP contribution in [0, 0.1) is 13.8 Å². The average Bonchev–Trinajstić information content (AvgIpc) is 2.91. The lowest BCUT2D eigenvalue weighted by atomic mass is 10.00. The number of aryl methyl sites for hydroxylation is 3. The summed E-state index contributed by atoms with van der Waals surface area (Å²) >= 11 is 1.45. The van der Waals surface area contributed by atoms with Crippen LogP contribution in [0.2, 0.25) is 0 Å². The first kappa shape index (κ1) is 12.4. The number of aromatic nitrogens is 1. The Hall–Kier alpha value is -1.68. The standard InChI is InChI=1S/C15H16N2OS/c1-8-3-4-10-5-6-11(12(10)7-8)15-17-9(2)13(19-15)14(16)18/h3-4,7,11H,5-6H2,1-2H3,(H2,16,18)/t11-/m1/s1. The van der Waals surface area contributed by atoms with Crippen molar-refractivity contribution in [2.24, 2.45) is 5.73 Å². The molecule has 4 heteroatoms. The maximum Gasteiger partial charge on any atom is 0.260 e. The summed E-state index contributed by atoms with van der Waals surface area (Å²) in [5.74, 6) is -0.0459. The minimum absolute atomic E-state index is 0.326. The number of benzene rings is 1. The van der Waals surface area contributed by atoms with Crippen molar-refractivity contribution in [1.82, 2.24) is 4.98 Å². The van der Waals surface area contributed by atoms with Gasteiger partial charge in [-0.1, -0.05) is 23.8 Å². The summed E-state index contributed by atoms with van der Waals surface area (Å²) in [6.07, 6.45) is 2.16.